The fraction of sp³-hybridized carbons (Fsp3) is 1.00. The lowest BCUT2D eigenvalue weighted by molar-refractivity contribution is 0.332. The van der Waals surface area contributed by atoms with Crippen LogP contribution in [0.25, 0.3) is 0 Å². The maximum absolute atomic E-state index is 12.1. The molecule has 1 N–H and O–H groups in total. The zero-order valence-corrected chi connectivity index (χ0v) is 12.5. The smallest absolute Gasteiger partial charge is 0.215 e. The third kappa shape index (κ3) is 2.83. The quantitative estimate of drug-likeness (QED) is 0.821. The molecule has 0 radical (unpaired) electrons. The van der Waals surface area contributed by atoms with E-state index in [2.05, 4.69) is 4.72 Å². The van der Waals surface area contributed by atoms with Crippen molar-refractivity contribution in [3.63, 3.8) is 0 Å². The summed E-state index contributed by atoms with van der Waals surface area (Å²) in [5.41, 5.74) is 0. The predicted octanol–water partition coefficient (Wildman–Crippen LogP) is 0.529. The van der Waals surface area contributed by atoms with Crippen molar-refractivity contribution >= 4 is 19.9 Å². The summed E-state index contributed by atoms with van der Waals surface area (Å²) in [6.07, 6.45) is 5.17. The van der Waals surface area contributed by atoms with Crippen molar-refractivity contribution in [1.29, 1.82) is 0 Å². The molecule has 0 spiro atoms. The minimum absolute atomic E-state index is 0.00665. The van der Waals surface area contributed by atoms with Gasteiger partial charge >= 0.3 is 0 Å². The second kappa shape index (κ2) is 4.70. The van der Waals surface area contributed by atoms with Crippen LogP contribution in [0, 0.1) is 17.8 Å². The lowest BCUT2D eigenvalue weighted by atomic mass is 9.89. The second-order valence-electron chi connectivity index (χ2n) is 6.35. The van der Waals surface area contributed by atoms with Gasteiger partial charge in [0.2, 0.25) is 10.0 Å². The van der Waals surface area contributed by atoms with Gasteiger partial charge in [0.25, 0.3) is 0 Å². The molecule has 5 nitrogen and oxygen atoms in total. The molecule has 0 aromatic heterocycles. The lowest BCUT2D eigenvalue weighted by Crippen LogP contribution is -2.38. The Labute approximate surface area is 115 Å². The van der Waals surface area contributed by atoms with Crippen LogP contribution in [0.4, 0.5) is 0 Å². The summed E-state index contributed by atoms with van der Waals surface area (Å²) >= 11 is 0. The molecule has 2 aliphatic carbocycles. The third-order valence-electron chi connectivity index (χ3n) is 5.06. The molecule has 3 aliphatic rings. The molecule has 4 unspecified atom stereocenters. The largest absolute Gasteiger partial charge is 0.229 e. The van der Waals surface area contributed by atoms with Gasteiger partial charge in [0.1, 0.15) is 0 Å². The molecule has 1 aliphatic heterocycles. The first kappa shape index (κ1) is 13.8. The molecule has 3 rings (SSSR count). The highest BCUT2D eigenvalue weighted by Crippen LogP contribution is 2.48. The molecule has 2 bridgehead atoms. The van der Waals surface area contributed by atoms with Gasteiger partial charge in [-0.25, -0.2) is 21.6 Å². The first-order valence-electron chi connectivity index (χ1n) is 7.04. The number of nitrogens with one attached hydrogen (secondary N) is 1. The minimum atomic E-state index is -3.46. The van der Waals surface area contributed by atoms with Gasteiger partial charge in [-0.2, -0.15) is 0 Å². The summed E-state index contributed by atoms with van der Waals surface area (Å²) in [7, 11) is -6.61. The number of rotatable bonds is 4. The number of hydrogen-bond donors (Lipinski definition) is 1. The molecule has 1 heterocycles. The highest BCUT2D eigenvalue weighted by Gasteiger charge is 2.41. The van der Waals surface area contributed by atoms with E-state index in [1.807, 2.05) is 0 Å². The molecular formula is C12H21NO4S2. The van der Waals surface area contributed by atoms with E-state index >= 15 is 0 Å². The van der Waals surface area contributed by atoms with Crippen LogP contribution in [-0.2, 0) is 19.9 Å². The Morgan fingerprint density at radius 2 is 1.89 bits per heavy atom. The number of sulfone groups is 1. The Bertz CT molecular complexity index is 554. The minimum Gasteiger partial charge on any atom is -0.229 e. The first-order valence-corrected chi connectivity index (χ1v) is 10.4. The maximum Gasteiger partial charge on any atom is 0.215 e. The highest BCUT2D eigenvalue weighted by atomic mass is 32.2. The summed E-state index contributed by atoms with van der Waals surface area (Å²) in [6, 6.07) is 0. The van der Waals surface area contributed by atoms with Crippen molar-refractivity contribution in [3.8, 4) is 0 Å². The van der Waals surface area contributed by atoms with Gasteiger partial charge in [-0.3, -0.25) is 0 Å². The number of sulfonamides is 1. The Morgan fingerprint density at radius 3 is 2.42 bits per heavy atom. The Morgan fingerprint density at radius 1 is 1.11 bits per heavy atom. The summed E-state index contributed by atoms with van der Waals surface area (Å²) in [4.78, 5) is 0. The molecule has 7 heteroatoms. The van der Waals surface area contributed by atoms with Gasteiger partial charge in [0, 0.05) is 6.54 Å². The van der Waals surface area contributed by atoms with Crippen molar-refractivity contribution in [1.82, 2.24) is 4.72 Å². The van der Waals surface area contributed by atoms with E-state index in [1.165, 1.54) is 19.3 Å². The molecule has 1 saturated heterocycles. The predicted molar refractivity (Wildman–Crippen MR) is 72.9 cm³/mol. The van der Waals surface area contributed by atoms with Crippen LogP contribution < -0.4 is 4.72 Å². The molecule has 4 atom stereocenters. The zero-order chi connectivity index (χ0) is 13.7. The monoisotopic (exact) mass is 307 g/mol. The SMILES string of the molecule is O=S1(=O)CCC(S(=O)(=O)NCC2CC3CCC2C3)C1. The highest BCUT2D eigenvalue weighted by molar-refractivity contribution is 7.95. The molecular weight excluding hydrogens is 286 g/mol. The van der Waals surface area contributed by atoms with Crippen molar-refractivity contribution in [2.45, 2.75) is 37.4 Å². The molecule has 110 valence electrons. The van der Waals surface area contributed by atoms with Crippen molar-refractivity contribution in [2.24, 2.45) is 17.8 Å². The van der Waals surface area contributed by atoms with Crippen LogP contribution >= 0.6 is 0 Å². The Balaban J connectivity index is 1.57. The zero-order valence-electron chi connectivity index (χ0n) is 10.9. The normalized spacial score (nSPS) is 40.8. The van der Waals surface area contributed by atoms with Gasteiger partial charge in [0.15, 0.2) is 9.84 Å². The molecule has 0 aromatic rings. The van der Waals surface area contributed by atoms with Crippen LogP contribution in [0.3, 0.4) is 0 Å². The molecule has 3 fully saturated rings. The fourth-order valence-corrected chi connectivity index (χ4v) is 8.11. The van der Waals surface area contributed by atoms with Crippen LogP contribution in [0.15, 0.2) is 0 Å². The van der Waals surface area contributed by atoms with Crippen molar-refractivity contribution in [2.75, 3.05) is 18.1 Å². The van der Waals surface area contributed by atoms with Gasteiger partial charge < -0.3 is 0 Å². The van der Waals surface area contributed by atoms with E-state index in [9.17, 15) is 16.8 Å². The summed E-state index contributed by atoms with van der Waals surface area (Å²) in [5.74, 6) is 1.74. The van der Waals surface area contributed by atoms with Crippen LogP contribution in [0.5, 0.6) is 0 Å². The fourth-order valence-electron chi connectivity index (χ4n) is 3.97. The lowest BCUT2D eigenvalue weighted by Gasteiger charge is -2.22. The Hall–Kier alpha value is -0.140. The molecule has 2 saturated carbocycles. The first-order chi connectivity index (χ1) is 8.86. The average molecular weight is 307 g/mol. The Kier molecular flexibility index (Phi) is 3.42. The van der Waals surface area contributed by atoms with E-state index in [4.69, 9.17) is 0 Å². The topological polar surface area (TPSA) is 80.3 Å². The van der Waals surface area contributed by atoms with Crippen LogP contribution in [0.2, 0.25) is 0 Å². The molecule has 0 aromatic carbocycles. The average Bonchev–Trinajstić information content (AvgIpc) is 3.01. The summed E-state index contributed by atoms with van der Waals surface area (Å²) < 4.78 is 49.6. The van der Waals surface area contributed by atoms with E-state index in [0.717, 1.165) is 12.3 Å². The summed E-state index contributed by atoms with van der Waals surface area (Å²) in [5, 5.41) is -0.740. The van der Waals surface area contributed by atoms with Crippen molar-refractivity contribution < 1.29 is 16.8 Å². The van der Waals surface area contributed by atoms with Gasteiger partial charge in [-0.1, -0.05) is 6.42 Å². The van der Waals surface area contributed by atoms with Gasteiger partial charge in [-0.05, 0) is 43.4 Å². The van der Waals surface area contributed by atoms with Gasteiger partial charge in [-0.15, -0.1) is 0 Å². The van der Waals surface area contributed by atoms with Crippen molar-refractivity contribution in [3.05, 3.63) is 0 Å². The van der Waals surface area contributed by atoms with E-state index in [-0.39, 0.29) is 17.9 Å². The van der Waals surface area contributed by atoms with E-state index in [0.29, 0.717) is 18.4 Å². The summed E-state index contributed by atoms with van der Waals surface area (Å²) in [6.45, 7) is 0.500. The van der Waals surface area contributed by atoms with E-state index < -0.39 is 25.1 Å². The van der Waals surface area contributed by atoms with Gasteiger partial charge in [0.05, 0.1) is 16.8 Å². The standard InChI is InChI=1S/C12H21NO4S2/c14-18(15)4-3-12(8-18)19(16,17)13-7-11-6-9-1-2-10(11)5-9/h9-13H,1-8H2. The molecule has 0 amide bonds. The van der Waals surface area contributed by atoms with Crippen LogP contribution in [0.1, 0.15) is 32.1 Å². The van der Waals surface area contributed by atoms with E-state index in [1.54, 1.807) is 0 Å². The molecule has 19 heavy (non-hydrogen) atoms. The van der Waals surface area contributed by atoms with Crippen LogP contribution in [-0.4, -0.2) is 40.1 Å². The second-order valence-corrected chi connectivity index (χ2v) is 10.6. The number of hydrogen-bond acceptors (Lipinski definition) is 4. The maximum atomic E-state index is 12.1. The third-order valence-corrected chi connectivity index (χ3v) is 8.89. The number of fused-ring (bicyclic) bond motifs is 2.